The first-order chi connectivity index (χ1) is 13.7. The fraction of sp³-hybridized carbons (Fsp3) is 0.278. The molecular formula is C18H18N6O4. The number of rotatable bonds is 6. The molecule has 28 heavy (non-hydrogen) atoms. The highest BCUT2D eigenvalue weighted by atomic mass is 16.5. The highest BCUT2D eigenvalue weighted by molar-refractivity contribution is 5.89. The van der Waals surface area contributed by atoms with Crippen molar-refractivity contribution in [2.75, 3.05) is 18.5 Å². The minimum atomic E-state index is -0.310. The van der Waals surface area contributed by atoms with E-state index in [4.69, 9.17) is 4.74 Å². The van der Waals surface area contributed by atoms with E-state index >= 15 is 0 Å². The fourth-order valence-electron chi connectivity index (χ4n) is 3.02. The lowest BCUT2D eigenvalue weighted by atomic mass is 10.0. The highest BCUT2D eigenvalue weighted by Crippen LogP contribution is 2.26. The second-order valence-electron chi connectivity index (χ2n) is 6.30. The molecule has 2 amide bonds. The monoisotopic (exact) mass is 382 g/mol. The highest BCUT2D eigenvalue weighted by Gasteiger charge is 2.30. The summed E-state index contributed by atoms with van der Waals surface area (Å²) in [5.74, 6) is -0.0941. The van der Waals surface area contributed by atoms with Gasteiger partial charge in [-0.3, -0.25) is 9.59 Å². The normalized spacial score (nSPS) is 16.9. The van der Waals surface area contributed by atoms with E-state index in [9.17, 15) is 9.59 Å². The molecule has 0 unspecified atom stereocenters. The zero-order chi connectivity index (χ0) is 19.3. The number of aromatic nitrogens is 4. The maximum atomic E-state index is 12.4. The fourth-order valence-corrected chi connectivity index (χ4v) is 3.02. The van der Waals surface area contributed by atoms with Crippen molar-refractivity contribution in [2.24, 2.45) is 0 Å². The molecule has 10 nitrogen and oxygen atoms in total. The second kappa shape index (κ2) is 8.01. The van der Waals surface area contributed by atoms with E-state index in [2.05, 4.69) is 25.3 Å². The van der Waals surface area contributed by atoms with Gasteiger partial charge in [0.1, 0.15) is 25.1 Å². The van der Waals surface area contributed by atoms with Crippen molar-refractivity contribution in [1.82, 2.24) is 25.1 Å². The molecule has 1 aliphatic heterocycles. The Morgan fingerprint density at radius 2 is 2.11 bits per heavy atom. The summed E-state index contributed by atoms with van der Waals surface area (Å²) in [6.45, 7) is 0.716. The lowest BCUT2D eigenvalue weighted by molar-refractivity contribution is -0.149. The first kappa shape index (κ1) is 17.9. The summed E-state index contributed by atoms with van der Waals surface area (Å²) in [4.78, 5) is 26.1. The van der Waals surface area contributed by atoms with Gasteiger partial charge in [-0.2, -0.15) is 0 Å². The molecule has 10 heteroatoms. The largest absolute Gasteiger partial charge is 0.369 e. The van der Waals surface area contributed by atoms with Crippen LogP contribution in [-0.2, 0) is 27.4 Å². The van der Waals surface area contributed by atoms with E-state index in [1.807, 2.05) is 30.3 Å². The van der Waals surface area contributed by atoms with Crippen LogP contribution >= 0.6 is 0 Å². The van der Waals surface area contributed by atoms with Crippen LogP contribution in [-0.4, -0.2) is 50.1 Å². The molecule has 144 valence electrons. The van der Waals surface area contributed by atoms with Crippen molar-refractivity contribution >= 4 is 17.6 Å². The van der Waals surface area contributed by atoms with Crippen LogP contribution in [0.5, 0.6) is 0 Å². The van der Waals surface area contributed by atoms with Gasteiger partial charge in [-0.25, -0.2) is 4.68 Å². The van der Waals surface area contributed by atoms with Crippen LogP contribution < -0.4 is 5.32 Å². The van der Waals surface area contributed by atoms with Crippen LogP contribution in [0.25, 0.3) is 0 Å². The lowest BCUT2D eigenvalue weighted by Gasteiger charge is -2.35. The van der Waals surface area contributed by atoms with Crippen LogP contribution in [0.15, 0.2) is 53.4 Å². The quantitative estimate of drug-likeness (QED) is 0.676. The molecule has 4 rings (SSSR count). The standard InChI is InChI=1S/C18H18N6O4/c25-17(19-16-6-7-28-21-16)10-23-8-14(20-22-23)9-24-15(11-27-12-18(24)26)13-4-2-1-3-5-13/h1-8,15H,9-12H2,(H,19,21,25)/t15-/m0/s1. The molecule has 2 aromatic heterocycles. The Balaban J connectivity index is 1.43. The number of morpholine rings is 1. The van der Waals surface area contributed by atoms with Gasteiger partial charge in [-0.05, 0) is 5.56 Å². The Morgan fingerprint density at radius 3 is 2.89 bits per heavy atom. The summed E-state index contributed by atoms with van der Waals surface area (Å²) in [6, 6.07) is 11.1. The molecule has 0 aliphatic carbocycles. The van der Waals surface area contributed by atoms with E-state index in [1.54, 1.807) is 17.2 Å². The Morgan fingerprint density at radius 1 is 1.25 bits per heavy atom. The van der Waals surface area contributed by atoms with E-state index in [1.165, 1.54) is 10.9 Å². The van der Waals surface area contributed by atoms with E-state index in [0.717, 1.165) is 5.56 Å². The summed E-state index contributed by atoms with van der Waals surface area (Å²) in [6.07, 6.45) is 3.01. The van der Waals surface area contributed by atoms with Crippen LogP contribution in [0.1, 0.15) is 17.3 Å². The van der Waals surface area contributed by atoms with E-state index in [0.29, 0.717) is 18.1 Å². The number of hydrogen-bond donors (Lipinski definition) is 1. The van der Waals surface area contributed by atoms with Gasteiger partial charge in [0, 0.05) is 6.07 Å². The summed E-state index contributed by atoms with van der Waals surface area (Å²) < 4.78 is 11.5. The van der Waals surface area contributed by atoms with Gasteiger partial charge in [-0.15, -0.1) is 5.10 Å². The number of hydrogen-bond acceptors (Lipinski definition) is 7. The minimum Gasteiger partial charge on any atom is -0.369 e. The third kappa shape index (κ3) is 4.07. The number of anilines is 1. The summed E-state index contributed by atoms with van der Waals surface area (Å²) >= 11 is 0. The molecule has 0 radical (unpaired) electrons. The summed E-state index contributed by atoms with van der Waals surface area (Å²) in [5, 5.41) is 14.3. The second-order valence-corrected chi connectivity index (χ2v) is 6.30. The number of amides is 2. The van der Waals surface area contributed by atoms with Crippen LogP contribution in [0, 0.1) is 0 Å². The number of nitrogens with zero attached hydrogens (tertiary/aromatic N) is 5. The summed E-state index contributed by atoms with van der Waals surface area (Å²) in [7, 11) is 0. The molecule has 1 aliphatic rings. The zero-order valence-corrected chi connectivity index (χ0v) is 14.9. The van der Waals surface area contributed by atoms with Crippen molar-refractivity contribution in [3.63, 3.8) is 0 Å². The Bertz CT molecular complexity index is 940. The molecule has 1 aromatic carbocycles. The number of benzene rings is 1. The first-order valence-corrected chi connectivity index (χ1v) is 8.70. The third-order valence-electron chi connectivity index (χ3n) is 4.31. The van der Waals surface area contributed by atoms with Gasteiger partial charge in [0.2, 0.25) is 11.8 Å². The summed E-state index contributed by atoms with van der Waals surface area (Å²) in [5.41, 5.74) is 1.58. The lowest BCUT2D eigenvalue weighted by Crippen LogP contribution is -2.43. The molecule has 1 atom stereocenters. The van der Waals surface area contributed by atoms with E-state index in [-0.39, 0.29) is 37.6 Å². The van der Waals surface area contributed by atoms with Crippen molar-refractivity contribution in [1.29, 1.82) is 0 Å². The van der Waals surface area contributed by atoms with E-state index < -0.39 is 0 Å². The molecule has 1 fully saturated rings. The Hall–Kier alpha value is -3.53. The van der Waals surface area contributed by atoms with Gasteiger partial charge < -0.3 is 19.5 Å². The van der Waals surface area contributed by atoms with Gasteiger partial charge in [-0.1, -0.05) is 40.7 Å². The van der Waals surface area contributed by atoms with Crippen LogP contribution in [0.4, 0.5) is 5.82 Å². The first-order valence-electron chi connectivity index (χ1n) is 8.70. The molecule has 0 saturated carbocycles. The zero-order valence-electron chi connectivity index (χ0n) is 14.9. The number of nitrogens with one attached hydrogen (secondary N) is 1. The predicted molar refractivity (Wildman–Crippen MR) is 95.7 cm³/mol. The topological polar surface area (TPSA) is 115 Å². The van der Waals surface area contributed by atoms with Crippen molar-refractivity contribution in [3.05, 3.63) is 60.1 Å². The average molecular weight is 382 g/mol. The Labute approximate surface area is 160 Å². The minimum absolute atomic E-state index is 0.0287. The SMILES string of the molecule is O=C(Cn1cc(CN2C(=O)COC[C@H]2c2ccccc2)nn1)Nc1ccon1. The van der Waals surface area contributed by atoms with Gasteiger partial charge in [0.25, 0.3) is 0 Å². The molecular weight excluding hydrogens is 364 g/mol. The van der Waals surface area contributed by atoms with Crippen LogP contribution in [0.2, 0.25) is 0 Å². The molecule has 3 aromatic rings. The number of carbonyl (C=O) groups is 2. The van der Waals surface area contributed by atoms with Gasteiger partial charge >= 0.3 is 0 Å². The maximum absolute atomic E-state index is 12.4. The predicted octanol–water partition coefficient (Wildman–Crippen LogP) is 1.00. The number of carbonyl (C=O) groups excluding carboxylic acids is 2. The third-order valence-corrected chi connectivity index (χ3v) is 4.31. The molecule has 1 saturated heterocycles. The molecule has 3 heterocycles. The smallest absolute Gasteiger partial charge is 0.249 e. The van der Waals surface area contributed by atoms with Gasteiger partial charge in [0.05, 0.1) is 25.4 Å². The molecule has 0 bridgehead atoms. The Kier molecular flexibility index (Phi) is 5.11. The maximum Gasteiger partial charge on any atom is 0.249 e. The average Bonchev–Trinajstić information content (AvgIpc) is 3.36. The molecule has 1 N–H and O–H groups in total. The van der Waals surface area contributed by atoms with Crippen molar-refractivity contribution in [2.45, 2.75) is 19.1 Å². The van der Waals surface area contributed by atoms with Gasteiger partial charge in [0.15, 0.2) is 5.82 Å². The molecule has 0 spiro atoms. The number of ether oxygens (including phenoxy) is 1. The van der Waals surface area contributed by atoms with Crippen molar-refractivity contribution in [3.8, 4) is 0 Å². The van der Waals surface area contributed by atoms with Crippen molar-refractivity contribution < 1.29 is 18.8 Å². The van der Waals surface area contributed by atoms with Crippen LogP contribution in [0.3, 0.4) is 0 Å².